The van der Waals surface area contributed by atoms with Crippen molar-refractivity contribution in [2.75, 3.05) is 47.1 Å². The minimum absolute atomic E-state index is 0.260. The summed E-state index contributed by atoms with van der Waals surface area (Å²) in [5.41, 5.74) is 5.10. The number of ether oxygens (including phenoxy) is 2. The smallest absolute Gasteiger partial charge is 0.218 e. The Kier molecular flexibility index (Phi) is 9.46. The zero-order chi connectivity index (χ0) is 11.5. The third kappa shape index (κ3) is 9.65. The maximum absolute atomic E-state index is 10.6. The van der Waals surface area contributed by atoms with E-state index in [0.717, 1.165) is 26.1 Å². The fourth-order valence-electron chi connectivity index (χ4n) is 1.26. The molecule has 0 aliphatic heterocycles. The molecule has 0 saturated heterocycles. The summed E-state index contributed by atoms with van der Waals surface area (Å²) in [7, 11) is 3.35. The predicted octanol–water partition coefficient (Wildman–Crippen LogP) is -0.153. The van der Waals surface area contributed by atoms with E-state index in [-0.39, 0.29) is 5.91 Å². The first-order valence-corrected chi connectivity index (χ1v) is 5.19. The van der Waals surface area contributed by atoms with Crippen LogP contribution in [0.3, 0.4) is 0 Å². The van der Waals surface area contributed by atoms with Crippen LogP contribution >= 0.6 is 0 Å². The molecule has 2 N–H and O–H groups in total. The Hall–Kier alpha value is -0.650. The lowest BCUT2D eigenvalue weighted by Crippen LogP contribution is -2.32. The first-order valence-electron chi connectivity index (χ1n) is 5.19. The number of carbonyl (C=O) groups is 1. The predicted molar refractivity (Wildman–Crippen MR) is 58.6 cm³/mol. The molecular weight excluding hydrogens is 196 g/mol. The van der Waals surface area contributed by atoms with E-state index < -0.39 is 0 Å². The van der Waals surface area contributed by atoms with E-state index in [1.165, 1.54) is 0 Å². The Morgan fingerprint density at radius 2 is 1.80 bits per heavy atom. The van der Waals surface area contributed by atoms with Crippen LogP contribution in [0.4, 0.5) is 0 Å². The van der Waals surface area contributed by atoms with E-state index >= 15 is 0 Å². The zero-order valence-electron chi connectivity index (χ0n) is 9.70. The summed E-state index contributed by atoms with van der Waals surface area (Å²) < 4.78 is 9.97. The van der Waals surface area contributed by atoms with Crippen molar-refractivity contribution in [2.45, 2.75) is 12.8 Å². The Morgan fingerprint density at radius 3 is 2.33 bits per heavy atom. The number of hydrogen-bond donors (Lipinski definition) is 1. The molecule has 0 aliphatic carbocycles. The SMILES string of the molecule is COCCCN(CCOC)CCC(N)=O. The first kappa shape index (κ1) is 14.3. The normalized spacial score (nSPS) is 10.9. The molecule has 1 amide bonds. The molecule has 0 saturated carbocycles. The molecule has 0 aromatic heterocycles. The molecule has 0 spiro atoms. The van der Waals surface area contributed by atoms with E-state index in [9.17, 15) is 4.79 Å². The van der Waals surface area contributed by atoms with E-state index in [4.69, 9.17) is 15.2 Å². The second-order valence-electron chi connectivity index (χ2n) is 3.40. The highest BCUT2D eigenvalue weighted by Crippen LogP contribution is 1.94. The average molecular weight is 218 g/mol. The maximum atomic E-state index is 10.6. The molecule has 0 atom stereocenters. The molecular formula is C10H22N2O3. The molecule has 5 nitrogen and oxygen atoms in total. The van der Waals surface area contributed by atoms with Gasteiger partial charge < -0.3 is 20.1 Å². The molecule has 0 radical (unpaired) electrons. The van der Waals surface area contributed by atoms with Gasteiger partial charge in [0.2, 0.25) is 5.91 Å². The average Bonchev–Trinajstić information content (AvgIpc) is 2.21. The van der Waals surface area contributed by atoms with Gasteiger partial charge in [0.05, 0.1) is 6.61 Å². The van der Waals surface area contributed by atoms with Crippen molar-refractivity contribution >= 4 is 5.91 Å². The van der Waals surface area contributed by atoms with Gasteiger partial charge in [0.1, 0.15) is 0 Å². The van der Waals surface area contributed by atoms with Gasteiger partial charge in [-0.05, 0) is 6.42 Å². The van der Waals surface area contributed by atoms with Crippen molar-refractivity contribution in [1.29, 1.82) is 0 Å². The quantitative estimate of drug-likeness (QED) is 0.518. The summed E-state index contributed by atoms with van der Waals surface area (Å²) in [4.78, 5) is 12.8. The van der Waals surface area contributed by atoms with Crippen molar-refractivity contribution in [3.8, 4) is 0 Å². The number of carbonyl (C=O) groups excluding carboxylic acids is 1. The van der Waals surface area contributed by atoms with Crippen molar-refractivity contribution in [3.05, 3.63) is 0 Å². The highest BCUT2D eigenvalue weighted by Gasteiger charge is 2.05. The molecule has 0 fully saturated rings. The van der Waals surface area contributed by atoms with E-state index in [2.05, 4.69) is 4.90 Å². The number of methoxy groups -OCH3 is 2. The van der Waals surface area contributed by atoms with Crippen LogP contribution in [0.25, 0.3) is 0 Å². The van der Waals surface area contributed by atoms with Crippen molar-refractivity contribution in [3.63, 3.8) is 0 Å². The second kappa shape index (κ2) is 9.89. The molecule has 5 heteroatoms. The Balaban J connectivity index is 3.67. The molecule has 0 rings (SSSR count). The van der Waals surface area contributed by atoms with Crippen LogP contribution in [0.1, 0.15) is 12.8 Å². The Morgan fingerprint density at radius 1 is 1.13 bits per heavy atom. The molecule has 90 valence electrons. The van der Waals surface area contributed by atoms with Crippen molar-refractivity contribution < 1.29 is 14.3 Å². The number of amides is 1. The summed E-state index contributed by atoms with van der Waals surface area (Å²) >= 11 is 0. The van der Waals surface area contributed by atoms with Crippen molar-refractivity contribution in [1.82, 2.24) is 4.90 Å². The third-order valence-corrected chi connectivity index (χ3v) is 2.11. The highest BCUT2D eigenvalue weighted by molar-refractivity contribution is 5.73. The van der Waals surface area contributed by atoms with E-state index in [1.54, 1.807) is 14.2 Å². The summed E-state index contributed by atoms with van der Waals surface area (Å²) in [6.07, 6.45) is 1.36. The molecule has 0 aromatic carbocycles. The van der Waals surface area contributed by atoms with Gasteiger partial charge in [-0.15, -0.1) is 0 Å². The zero-order valence-corrected chi connectivity index (χ0v) is 9.70. The van der Waals surface area contributed by atoms with Gasteiger partial charge in [0.25, 0.3) is 0 Å². The largest absolute Gasteiger partial charge is 0.385 e. The Labute approximate surface area is 91.5 Å². The van der Waals surface area contributed by atoms with Gasteiger partial charge in [-0.25, -0.2) is 0 Å². The van der Waals surface area contributed by atoms with Gasteiger partial charge in [0.15, 0.2) is 0 Å². The number of nitrogens with two attached hydrogens (primary N) is 1. The van der Waals surface area contributed by atoms with Crippen LogP contribution in [-0.2, 0) is 14.3 Å². The summed E-state index contributed by atoms with van der Waals surface area (Å²) in [6, 6.07) is 0. The number of rotatable bonds is 10. The van der Waals surface area contributed by atoms with Crippen LogP contribution in [0.15, 0.2) is 0 Å². The number of hydrogen-bond acceptors (Lipinski definition) is 4. The number of nitrogens with zero attached hydrogens (tertiary/aromatic N) is 1. The fraction of sp³-hybridized carbons (Fsp3) is 0.900. The van der Waals surface area contributed by atoms with Crippen LogP contribution in [0, 0.1) is 0 Å². The maximum Gasteiger partial charge on any atom is 0.218 e. The monoisotopic (exact) mass is 218 g/mol. The summed E-state index contributed by atoms with van der Waals surface area (Å²) in [5, 5.41) is 0. The fourth-order valence-corrected chi connectivity index (χ4v) is 1.26. The second-order valence-corrected chi connectivity index (χ2v) is 3.40. The lowest BCUT2D eigenvalue weighted by molar-refractivity contribution is -0.118. The summed E-state index contributed by atoms with van der Waals surface area (Å²) in [6.45, 7) is 3.84. The topological polar surface area (TPSA) is 64.8 Å². The minimum atomic E-state index is -0.260. The van der Waals surface area contributed by atoms with Crippen molar-refractivity contribution in [2.24, 2.45) is 5.73 Å². The molecule has 0 bridgehead atoms. The van der Waals surface area contributed by atoms with E-state index in [1.807, 2.05) is 0 Å². The lowest BCUT2D eigenvalue weighted by Gasteiger charge is -2.20. The van der Waals surface area contributed by atoms with E-state index in [0.29, 0.717) is 19.6 Å². The van der Waals surface area contributed by atoms with Crippen LogP contribution in [-0.4, -0.2) is 57.9 Å². The molecule has 0 aromatic rings. The highest BCUT2D eigenvalue weighted by atomic mass is 16.5. The molecule has 0 aliphatic rings. The van der Waals surface area contributed by atoms with Gasteiger partial charge in [-0.3, -0.25) is 4.79 Å². The Bertz CT molecular complexity index is 165. The lowest BCUT2D eigenvalue weighted by atomic mass is 10.3. The van der Waals surface area contributed by atoms with Gasteiger partial charge in [-0.2, -0.15) is 0 Å². The van der Waals surface area contributed by atoms with Crippen LogP contribution < -0.4 is 5.73 Å². The third-order valence-electron chi connectivity index (χ3n) is 2.11. The van der Waals surface area contributed by atoms with Crippen LogP contribution in [0.2, 0.25) is 0 Å². The van der Waals surface area contributed by atoms with Gasteiger partial charge >= 0.3 is 0 Å². The van der Waals surface area contributed by atoms with Gasteiger partial charge in [-0.1, -0.05) is 0 Å². The number of primary amides is 1. The molecule has 0 heterocycles. The standard InChI is InChI=1S/C10H22N2O3/c1-14-8-3-5-12(7-9-15-2)6-4-10(11)13/h3-9H2,1-2H3,(H2,11,13). The first-order chi connectivity index (χ1) is 7.20. The molecule has 0 unspecified atom stereocenters. The minimum Gasteiger partial charge on any atom is -0.385 e. The molecule has 15 heavy (non-hydrogen) atoms. The summed E-state index contributed by atoms with van der Waals surface area (Å²) in [5.74, 6) is -0.260. The van der Waals surface area contributed by atoms with Gasteiger partial charge in [0, 0.05) is 46.9 Å². The van der Waals surface area contributed by atoms with Crippen LogP contribution in [0.5, 0.6) is 0 Å².